The highest BCUT2D eigenvalue weighted by Crippen LogP contribution is 2.23. The Morgan fingerprint density at radius 1 is 1.12 bits per heavy atom. The Hall–Kier alpha value is -3.35. The number of rotatable bonds is 5. The Morgan fingerprint density at radius 2 is 1.80 bits per heavy atom. The minimum Gasteiger partial charge on any atom is -0.497 e. The van der Waals surface area contributed by atoms with E-state index in [2.05, 4.69) is 9.97 Å². The van der Waals surface area contributed by atoms with Crippen LogP contribution in [-0.2, 0) is 11.3 Å². The molecule has 3 rings (SSSR count). The monoisotopic (exact) mass is 340 g/mol. The van der Waals surface area contributed by atoms with E-state index in [1.807, 2.05) is 24.3 Å². The van der Waals surface area contributed by atoms with Crippen molar-refractivity contribution in [3.8, 4) is 11.5 Å². The molecular weight excluding hydrogens is 322 g/mol. The zero-order valence-electron chi connectivity index (χ0n) is 13.9. The summed E-state index contributed by atoms with van der Waals surface area (Å²) < 4.78 is 15.6. The quantitative estimate of drug-likeness (QED) is 0.714. The molecule has 1 aromatic heterocycles. The Labute approximate surface area is 144 Å². The molecule has 0 radical (unpaired) electrons. The lowest BCUT2D eigenvalue weighted by molar-refractivity contribution is -0.381. The molecule has 0 fully saturated rings. The minimum atomic E-state index is -0.515. The van der Waals surface area contributed by atoms with E-state index in [0.29, 0.717) is 28.7 Å². The molecule has 0 saturated carbocycles. The second kappa shape index (κ2) is 7.04. The lowest BCUT2D eigenvalue weighted by atomic mass is 10.2. The van der Waals surface area contributed by atoms with Crippen molar-refractivity contribution in [1.29, 1.82) is 0 Å². The van der Waals surface area contributed by atoms with Crippen molar-refractivity contribution < 1.29 is 24.0 Å². The number of H-pyrrole nitrogens is 1. The third-order valence-corrected chi connectivity index (χ3v) is 3.66. The SMILES string of the molecule is COc1cc(OC)cc(C(=O)OCc2nc3ccccc3c(N)[nH+]2)c1. The van der Waals surface area contributed by atoms with Crippen molar-refractivity contribution >= 4 is 22.7 Å². The van der Waals surface area contributed by atoms with Crippen molar-refractivity contribution in [2.24, 2.45) is 0 Å². The first kappa shape index (κ1) is 16.5. The van der Waals surface area contributed by atoms with Gasteiger partial charge in [0, 0.05) is 6.07 Å². The molecule has 3 N–H and O–H groups in total. The van der Waals surface area contributed by atoms with Crippen LogP contribution < -0.4 is 20.2 Å². The van der Waals surface area contributed by atoms with Crippen LogP contribution in [0.1, 0.15) is 16.2 Å². The van der Waals surface area contributed by atoms with Gasteiger partial charge in [0.05, 0.1) is 25.2 Å². The van der Waals surface area contributed by atoms with E-state index < -0.39 is 5.97 Å². The summed E-state index contributed by atoms with van der Waals surface area (Å²) in [6.45, 7) is -0.0343. The molecule has 25 heavy (non-hydrogen) atoms. The van der Waals surface area contributed by atoms with Gasteiger partial charge in [-0.1, -0.05) is 12.1 Å². The standard InChI is InChI=1S/C18H17N3O4/c1-23-12-7-11(8-13(9-12)24-2)18(22)25-10-16-20-15-6-4-3-5-14(15)17(19)21-16/h3-9H,10H2,1-2H3,(H2,19,20,21)/p+1. The maximum Gasteiger partial charge on any atom is 0.338 e. The number of ether oxygens (including phenoxy) is 3. The summed E-state index contributed by atoms with van der Waals surface area (Å²) in [6.07, 6.45) is 0. The van der Waals surface area contributed by atoms with Crippen LogP contribution in [0.25, 0.3) is 10.9 Å². The highest BCUT2D eigenvalue weighted by Gasteiger charge is 2.15. The number of anilines is 1. The van der Waals surface area contributed by atoms with Crippen molar-refractivity contribution in [3.63, 3.8) is 0 Å². The number of aromatic amines is 1. The van der Waals surface area contributed by atoms with Gasteiger partial charge in [0.15, 0.2) is 12.1 Å². The first-order valence-electron chi connectivity index (χ1n) is 7.57. The van der Waals surface area contributed by atoms with Crippen LogP contribution in [-0.4, -0.2) is 25.2 Å². The molecule has 7 heteroatoms. The van der Waals surface area contributed by atoms with E-state index in [9.17, 15) is 4.79 Å². The van der Waals surface area contributed by atoms with Gasteiger partial charge in [0.1, 0.15) is 11.5 Å². The number of methoxy groups -OCH3 is 2. The van der Waals surface area contributed by atoms with Crippen LogP contribution in [0.15, 0.2) is 42.5 Å². The third-order valence-electron chi connectivity index (χ3n) is 3.66. The van der Waals surface area contributed by atoms with Crippen LogP contribution >= 0.6 is 0 Å². The first-order chi connectivity index (χ1) is 12.1. The van der Waals surface area contributed by atoms with Crippen molar-refractivity contribution in [2.75, 3.05) is 20.0 Å². The van der Waals surface area contributed by atoms with Crippen LogP contribution in [0.5, 0.6) is 11.5 Å². The van der Waals surface area contributed by atoms with Gasteiger partial charge in [0.2, 0.25) is 5.82 Å². The number of aromatic nitrogens is 2. The van der Waals surface area contributed by atoms with Crippen molar-refractivity contribution in [2.45, 2.75) is 6.61 Å². The number of esters is 1. The summed E-state index contributed by atoms with van der Waals surface area (Å²) in [5, 5.41) is 0.815. The van der Waals surface area contributed by atoms with E-state index in [4.69, 9.17) is 19.9 Å². The number of benzene rings is 2. The average molecular weight is 340 g/mol. The number of para-hydroxylation sites is 1. The van der Waals surface area contributed by atoms with Gasteiger partial charge in [-0.05, 0) is 24.3 Å². The predicted molar refractivity (Wildman–Crippen MR) is 91.4 cm³/mol. The van der Waals surface area contributed by atoms with Crippen LogP contribution in [0.2, 0.25) is 0 Å². The maximum absolute atomic E-state index is 12.3. The number of carbonyl (C=O) groups excluding carboxylic acids is 1. The Bertz CT molecular complexity index is 905. The maximum atomic E-state index is 12.3. The topological polar surface area (TPSA) is 97.8 Å². The van der Waals surface area contributed by atoms with Crippen molar-refractivity contribution in [3.05, 3.63) is 53.9 Å². The molecule has 0 saturated heterocycles. The van der Waals surface area contributed by atoms with Gasteiger partial charge in [0.25, 0.3) is 5.82 Å². The molecule has 7 nitrogen and oxygen atoms in total. The minimum absolute atomic E-state index is 0.0343. The number of nitrogens with one attached hydrogen (secondary N) is 1. The Morgan fingerprint density at radius 3 is 2.48 bits per heavy atom. The third kappa shape index (κ3) is 3.60. The van der Waals surface area contributed by atoms with Gasteiger partial charge in [-0.15, -0.1) is 4.98 Å². The second-order valence-corrected chi connectivity index (χ2v) is 5.29. The molecule has 128 valence electrons. The summed E-state index contributed by atoms with van der Waals surface area (Å²) in [7, 11) is 3.03. The average Bonchev–Trinajstić information content (AvgIpc) is 2.65. The second-order valence-electron chi connectivity index (χ2n) is 5.29. The Kier molecular flexibility index (Phi) is 4.65. The summed E-state index contributed by atoms with van der Waals surface area (Å²) in [6, 6.07) is 12.3. The normalized spacial score (nSPS) is 10.5. The zero-order chi connectivity index (χ0) is 17.8. The lowest BCUT2D eigenvalue weighted by Gasteiger charge is -2.08. The number of hydrogen-bond donors (Lipinski definition) is 1. The highest BCUT2D eigenvalue weighted by molar-refractivity contribution is 5.90. The molecule has 0 spiro atoms. The van der Waals surface area contributed by atoms with Gasteiger partial charge in [-0.25, -0.2) is 9.78 Å². The van der Waals surface area contributed by atoms with Gasteiger partial charge >= 0.3 is 5.97 Å². The number of hydrogen-bond acceptors (Lipinski definition) is 6. The highest BCUT2D eigenvalue weighted by atomic mass is 16.5. The molecule has 0 unspecified atom stereocenters. The number of nitrogen functional groups attached to an aromatic ring is 1. The Balaban J connectivity index is 1.78. The van der Waals surface area contributed by atoms with Crippen LogP contribution in [0.4, 0.5) is 5.82 Å². The van der Waals surface area contributed by atoms with Gasteiger partial charge in [-0.2, -0.15) is 0 Å². The largest absolute Gasteiger partial charge is 0.497 e. The number of fused-ring (bicyclic) bond motifs is 1. The first-order valence-corrected chi connectivity index (χ1v) is 7.57. The zero-order valence-corrected chi connectivity index (χ0v) is 13.9. The molecule has 2 aromatic carbocycles. The van der Waals surface area contributed by atoms with Crippen LogP contribution in [0, 0.1) is 0 Å². The predicted octanol–water partition coefficient (Wildman–Crippen LogP) is 2.01. The fourth-order valence-corrected chi connectivity index (χ4v) is 2.41. The molecule has 0 aliphatic heterocycles. The summed E-state index contributed by atoms with van der Waals surface area (Å²) in [4.78, 5) is 19.6. The molecule has 0 aliphatic carbocycles. The van der Waals surface area contributed by atoms with E-state index in [1.165, 1.54) is 14.2 Å². The van der Waals surface area contributed by atoms with E-state index >= 15 is 0 Å². The van der Waals surface area contributed by atoms with Gasteiger partial charge < -0.3 is 19.9 Å². The molecular formula is C18H18N3O4+. The molecule has 1 heterocycles. The number of nitrogens with two attached hydrogens (primary N) is 1. The lowest BCUT2D eigenvalue weighted by Crippen LogP contribution is -2.21. The fraction of sp³-hybridized carbons (Fsp3) is 0.167. The molecule has 0 bridgehead atoms. The summed E-state index contributed by atoms with van der Waals surface area (Å²) >= 11 is 0. The fourth-order valence-electron chi connectivity index (χ4n) is 2.41. The summed E-state index contributed by atoms with van der Waals surface area (Å²) in [5.41, 5.74) is 7.03. The number of carbonyl (C=O) groups is 1. The molecule has 0 atom stereocenters. The molecule has 0 aliphatic rings. The summed E-state index contributed by atoms with van der Waals surface area (Å²) in [5.74, 6) is 1.43. The van der Waals surface area contributed by atoms with E-state index in [-0.39, 0.29) is 6.61 Å². The van der Waals surface area contributed by atoms with E-state index in [0.717, 1.165) is 10.9 Å². The van der Waals surface area contributed by atoms with E-state index in [1.54, 1.807) is 18.2 Å². The van der Waals surface area contributed by atoms with Crippen LogP contribution in [0.3, 0.4) is 0 Å². The smallest absolute Gasteiger partial charge is 0.338 e. The number of nitrogens with zero attached hydrogens (tertiary/aromatic N) is 1. The molecule has 3 aromatic rings. The molecule has 0 amide bonds. The van der Waals surface area contributed by atoms with Crippen molar-refractivity contribution in [1.82, 2.24) is 4.98 Å². The van der Waals surface area contributed by atoms with Gasteiger partial charge in [-0.3, -0.25) is 0 Å².